The van der Waals surface area contributed by atoms with Crippen molar-refractivity contribution < 1.29 is 9.59 Å². The molecule has 1 aromatic carbocycles. The second-order valence-electron chi connectivity index (χ2n) is 5.01. The van der Waals surface area contributed by atoms with Gasteiger partial charge in [0.05, 0.1) is 21.7 Å². The Kier molecular flexibility index (Phi) is 6.94. The van der Waals surface area contributed by atoms with Gasteiger partial charge in [-0.1, -0.05) is 29.3 Å². The van der Waals surface area contributed by atoms with Gasteiger partial charge >= 0.3 is 0 Å². The lowest BCUT2D eigenvalue weighted by atomic mass is 10.1. The maximum atomic E-state index is 12.4. The molecule has 1 aromatic rings. The van der Waals surface area contributed by atoms with E-state index < -0.39 is 6.04 Å². The van der Waals surface area contributed by atoms with Crippen molar-refractivity contribution in [2.24, 2.45) is 5.73 Å². The summed E-state index contributed by atoms with van der Waals surface area (Å²) in [4.78, 5) is 27.6. The molecule has 2 amide bonds. The fraction of sp³-hybridized carbons (Fsp3) is 0.429. The number of nitrogens with zero attached hydrogens (tertiary/aromatic N) is 2. The quantitative estimate of drug-likeness (QED) is 0.871. The van der Waals surface area contributed by atoms with Crippen molar-refractivity contribution in [2.45, 2.75) is 13.0 Å². The molecule has 1 atom stereocenters. The van der Waals surface area contributed by atoms with E-state index in [-0.39, 0.29) is 29.2 Å². The SMILES string of the molecule is C[C@@H](N)C(=O)N1CCN(C(=O)c2cccc(Cl)c2Cl)CC1.Cl. The second-order valence-corrected chi connectivity index (χ2v) is 5.79. The molecule has 0 saturated carbocycles. The topological polar surface area (TPSA) is 66.6 Å². The van der Waals surface area contributed by atoms with Gasteiger partial charge in [-0.05, 0) is 19.1 Å². The number of piperazine rings is 1. The maximum absolute atomic E-state index is 12.4. The van der Waals surface area contributed by atoms with Crippen molar-refractivity contribution in [2.75, 3.05) is 26.2 Å². The van der Waals surface area contributed by atoms with Crippen LogP contribution < -0.4 is 5.73 Å². The van der Waals surface area contributed by atoms with E-state index in [1.165, 1.54) is 0 Å². The van der Waals surface area contributed by atoms with Crippen LogP contribution in [0.5, 0.6) is 0 Å². The van der Waals surface area contributed by atoms with Crippen LogP contribution >= 0.6 is 35.6 Å². The first-order chi connectivity index (χ1) is 9.91. The van der Waals surface area contributed by atoms with Crippen LogP contribution in [0, 0.1) is 0 Å². The van der Waals surface area contributed by atoms with Crippen molar-refractivity contribution in [1.82, 2.24) is 9.80 Å². The Balaban J connectivity index is 0.00000242. The summed E-state index contributed by atoms with van der Waals surface area (Å²) < 4.78 is 0. The zero-order chi connectivity index (χ0) is 15.6. The highest BCUT2D eigenvalue weighted by Gasteiger charge is 2.27. The van der Waals surface area contributed by atoms with Gasteiger partial charge in [0.25, 0.3) is 5.91 Å². The molecule has 5 nitrogen and oxygen atoms in total. The summed E-state index contributed by atoms with van der Waals surface area (Å²) in [6.07, 6.45) is 0. The number of hydrogen-bond donors (Lipinski definition) is 1. The van der Waals surface area contributed by atoms with Gasteiger partial charge in [0, 0.05) is 26.2 Å². The number of carbonyl (C=O) groups excluding carboxylic acids is 2. The molecule has 0 aromatic heterocycles. The minimum absolute atomic E-state index is 0. The van der Waals surface area contributed by atoms with E-state index in [9.17, 15) is 9.59 Å². The number of halogens is 3. The van der Waals surface area contributed by atoms with Crippen LogP contribution in [0.3, 0.4) is 0 Å². The largest absolute Gasteiger partial charge is 0.338 e. The highest BCUT2D eigenvalue weighted by atomic mass is 35.5. The average molecular weight is 367 g/mol. The molecule has 0 spiro atoms. The van der Waals surface area contributed by atoms with E-state index in [1.807, 2.05) is 0 Å². The van der Waals surface area contributed by atoms with Crippen LogP contribution in [0.4, 0.5) is 0 Å². The first-order valence-corrected chi connectivity index (χ1v) is 7.45. The van der Waals surface area contributed by atoms with E-state index in [0.717, 1.165) is 0 Å². The monoisotopic (exact) mass is 365 g/mol. The minimum atomic E-state index is -0.519. The van der Waals surface area contributed by atoms with E-state index >= 15 is 0 Å². The van der Waals surface area contributed by atoms with Crippen LogP contribution in [0.1, 0.15) is 17.3 Å². The summed E-state index contributed by atoms with van der Waals surface area (Å²) in [6.45, 7) is 3.53. The smallest absolute Gasteiger partial charge is 0.255 e. The summed E-state index contributed by atoms with van der Waals surface area (Å²) in [5, 5.41) is 0.617. The Hall–Kier alpha value is -1.01. The minimum Gasteiger partial charge on any atom is -0.338 e. The molecular weight excluding hydrogens is 349 g/mol. The Bertz CT molecular complexity index is 558. The fourth-order valence-electron chi connectivity index (χ4n) is 2.26. The Labute approximate surface area is 145 Å². The van der Waals surface area contributed by atoms with E-state index in [4.69, 9.17) is 28.9 Å². The van der Waals surface area contributed by atoms with Gasteiger partial charge < -0.3 is 15.5 Å². The van der Waals surface area contributed by atoms with Crippen molar-refractivity contribution in [3.8, 4) is 0 Å². The molecule has 1 saturated heterocycles. The maximum Gasteiger partial charge on any atom is 0.255 e. The third-order valence-electron chi connectivity index (χ3n) is 3.45. The van der Waals surface area contributed by atoms with Crippen LogP contribution in [-0.4, -0.2) is 53.8 Å². The predicted octanol–water partition coefficient (Wildman–Crippen LogP) is 2.05. The van der Waals surface area contributed by atoms with Crippen molar-refractivity contribution in [1.29, 1.82) is 0 Å². The van der Waals surface area contributed by atoms with E-state index in [1.54, 1.807) is 34.9 Å². The van der Waals surface area contributed by atoms with Crippen LogP contribution in [0.15, 0.2) is 18.2 Å². The molecule has 22 heavy (non-hydrogen) atoms. The van der Waals surface area contributed by atoms with Crippen LogP contribution in [0.25, 0.3) is 0 Å². The molecule has 1 aliphatic rings. The highest BCUT2D eigenvalue weighted by molar-refractivity contribution is 6.43. The molecule has 1 fully saturated rings. The predicted molar refractivity (Wildman–Crippen MR) is 89.8 cm³/mol. The first-order valence-electron chi connectivity index (χ1n) is 6.69. The molecule has 2 N–H and O–H groups in total. The number of amides is 2. The lowest BCUT2D eigenvalue weighted by Crippen LogP contribution is -2.53. The third kappa shape index (κ3) is 4.04. The molecule has 8 heteroatoms. The molecule has 0 radical (unpaired) electrons. The summed E-state index contributed by atoms with van der Waals surface area (Å²) in [6, 6.07) is 4.46. The molecule has 1 heterocycles. The third-order valence-corrected chi connectivity index (χ3v) is 4.27. The van der Waals surface area contributed by atoms with Crippen molar-refractivity contribution in [3.63, 3.8) is 0 Å². The molecule has 0 bridgehead atoms. The van der Waals surface area contributed by atoms with Gasteiger partial charge in [-0.3, -0.25) is 9.59 Å². The summed E-state index contributed by atoms with van der Waals surface area (Å²) >= 11 is 12.0. The molecule has 2 rings (SSSR count). The van der Waals surface area contributed by atoms with Crippen molar-refractivity contribution in [3.05, 3.63) is 33.8 Å². The molecule has 0 aliphatic carbocycles. The Morgan fingerprint density at radius 1 is 1.14 bits per heavy atom. The van der Waals surface area contributed by atoms with Gasteiger partial charge in [-0.25, -0.2) is 0 Å². The van der Waals surface area contributed by atoms with Gasteiger partial charge in [0.2, 0.25) is 5.91 Å². The zero-order valence-corrected chi connectivity index (χ0v) is 14.4. The number of benzene rings is 1. The van der Waals surface area contributed by atoms with Gasteiger partial charge in [0.1, 0.15) is 0 Å². The number of rotatable bonds is 2. The normalized spacial score (nSPS) is 16.0. The average Bonchev–Trinajstić information content (AvgIpc) is 2.48. The van der Waals surface area contributed by atoms with Crippen molar-refractivity contribution >= 4 is 47.4 Å². The van der Waals surface area contributed by atoms with Gasteiger partial charge in [0.15, 0.2) is 0 Å². The lowest BCUT2D eigenvalue weighted by molar-refractivity contribution is -0.133. The van der Waals surface area contributed by atoms with E-state index in [2.05, 4.69) is 0 Å². The number of carbonyl (C=O) groups is 2. The number of hydrogen-bond acceptors (Lipinski definition) is 3. The molecule has 0 unspecified atom stereocenters. The van der Waals surface area contributed by atoms with Crippen LogP contribution in [-0.2, 0) is 4.79 Å². The van der Waals surface area contributed by atoms with Crippen LogP contribution in [0.2, 0.25) is 10.0 Å². The number of nitrogens with two attached hydrogens (primary N) is 1. The Morgan fingerprint density at radius 2 is 1.68 bits per heavy atom. The standard InChI is InChI=1S/C14H17Cl2N3O2.ClH/c1-9(17)13(20)18-5-7-19(8-6-18)14(21)10-3-2-4-11(15)12(10)16;/h2-4,9H,5-8,17H2,1H3;1H/t9-;/m1./s1. The first kappa shape index (κ1) is 19.0. The second kappa shape index (κ2) is 8.02. The molecule has 122 valence electrons. The summed E-state index contributed by atoms with van der Waals surface area (Å²) in [5.74, 6) is -0.265. The Morgan fingerprint density at radius 3 is 2.23 bits per heavy atom. The van der Waals surface area contributed by atoms with Gasteiger partial charge in [-0.15, -0.1) is 12.4 Å². The summed E-state index contributed by atoms with van der Waals surface area (Å²) in [7, 11) is 0. The zero-order valence-electron chi connectivity index (χ0n) is 12.1. The van der Waals surface area contributed by atoms with Gasteiger partial charge in [-0.2, -0.15) is 0 Å². The molecule has 1 aliphatic heterocycles. The summed E-state index contributed by atoms with van der Waals surface area (Å²) in [5.41, 5.74) is 5.97. The lowest BCUT2D eigenvalue weighted by Gasteiger charge is -2.35. The fourth-order valence-corrected chi connectivity index (χ4v) is 2.64. The highest BCUT2D eigenvalue weighted by Crippen LogP contribution is 2.26. The van der Waals surface area contributed by atoms with E-state index in [0.29, 0.717) is 36.8 Å². The molecular formula is C14H18Cl3N3O2.